The number of aromatic amines is 1. The van der Waals surface area contributed by atoms with Crippen LogP contribution >= 0.6 is 0 Å². The normalized spacial score (nSPS) is 23.8. The van der Waals surface area contributed by atoms with Crippen LogP contribution in [-0.4, -0.2) is 63.0 Å². The Labute approximate surface area is 174 Å². The van der Waals surface area contributed by atoms with Gasteiger partial charge in [0.15, 0.2) is 12.4 Å². The van der Waals surface area contributed by atoms with Crippen molar-refractivity contribution in [1.29, 1.82) is 0 Å². The SMILES string of the molecule is CCCCCCN(O)[C@H]1[C@H](F)[C@@H](Nc2nc(=O)[nH]cc2-c2ccccc2)O[C@@H]1CO. The van der Waals surface area contributed by atoms with Gasteiger partial charge in [-0.15, -0.1) is 0 Å². The third kappa shape index (κ3) is 5.23. The van der Waals surface area contributed by atoms with E-state index in [9.17, 15) is 15.1 Å². The number of aliphatic hydroxyl groups is 1. The first-order valence-electron chi connectivity index (χ1n) is 10.3. The van der Waals surface area contributed by atoms with Crippen LogP contribution in [0.25, 0.3) is 11.1 Å². The van der Waals surface area contributed by atoms with Gasteiger partial charge >= 0.3 is 5.69 Å². The Balaban J connectivity index is 1.76. The molecule has 0 unspecified atom stereocenters. The van der Waals surface area contributed by atoms with Crippen molar-refractivity contribution >= 4 is 5.82 Å². The molecule has 1 aliphatic heterocycles. The van der Waals surface area contributed by atoms with Gasteiger partial charge < -0.3 is 25.4 Å². The van der Waals surface area contributed by atoms with Gasteiger partial charge in [0.05, 0.1) is 12.6 Å². The maximum absolute atomic E-state index is 15.2. The smallest absolute Gasteiger partial charge is 0.346 e. The molecule has 1 aromatic heterocycles. The molecule has 2 aromatic rings. The van der Waals surface area contributed by atoms with Gasteiger partial charge in [0, 0.05) is 18.3 Å². The number of hydroxylamine groups is 2. The Morgan fingerprint density at radius 2 is 2.03 bits per heavy atom. The number of nitrogens with zero attached hydrogens (tertiary/aromatic N) is 2. The van der Waals surface area contributed by atoms with Crippen LogP contribution in [0.3, 0.4) is 0 Å². The first-order valence-corrected chi connectivity index (χ1v) is 10.3. The van der Waals surface area contributed by atoms with Crippen LogP contribution in [0.1, 0.15) is 32.6 Å². The van der Waals surface area contributed by atoms with Gasteiger partial charge in [0.25, 0.3) is 0 Å². The Morgan fingerprint density at radius 1 is 1.27 bits per heavy atom. The quantitative estimate of drug-likeness (QED) is 0.345. The minimum absolute atomic E-state index is 0.169. The lowest BCUT2D eigenvalue weighted by molar-refractivity contribution is -0.155. The summed E-state index contributed by atoms with van der Waals surface area (Å²) in [7, 11) is 0. The predicted octanol–water partition coefficient (Wildman–Crippen LogP) is 2.54. The zero-order valence-electron chi connectivity index (χ0n) is 17.0. The number of alkyl halides is 1. The first kappa shape index (κ1) is 22.4. The van der Waals surface area contributed by atoms with E-state index in [1.54, 1.807) is 0 Å². The summed E-state index contributed by atoms with van der Waals surface area (Å²) in [5, 5.41) is 23.8. The van der Waals surface area contributed by atoms with Crippen LogP contribution in [0.5, 0.6) is 0 Å². The van der Waals surface area contributed by atoms with Crippen molar-refractivity contribution in [1.82, 2.24) is 15.0 Å². The van der Waals surface area contributed by atoms with Crippen molar-refractivity contribution < 1.29 is 19.4 Å². The summed E-state index contributed by atoms with van der Waals surface area (Å²) in [6.45, 7) is 1.93. The maximum atomic E-state index is 15.2. The molecule has 30 heavy (non-hydrogen) atoms. The van der Waals surface area contributed by atoms with E-state index in [1.807, 2.05) is 30.3 Å². The average molecular weight is 420 g/mol. The molecule has 0 aliphatic carbocycles. The van der Waals surface area contributed by atoms with Crippen LogP contribution in [0.15, 0.2) is 41.3 Å². The highest BCUT2D eigenvalue weighted by atomic mass is 19.1. The molecule has 0 radical (unpaired) electrons. The number of H-pyrrole nitrogens is 1. The number of aromatic nitrogens is 2. The van der Waals surface area contributed by atoms with Gasteiger partial charge in [-0.3, -0.25) is 0 Å². The number of aliphatic hydroxyl groups excluding tert-OH is 1. The molecule has 0 bridgehead atoms. The summed E-state index contributed by atoms with van der Waals surface area (Å²) < 4.78 is 20.9. The fourth-order valence-corrected chi connectivity index (χ4v) is 3.68. The summed E-state index contributed by atoms with van der Waals surface area (Å²) in [4.78, 5) is 18.2. The second-order valence-corrected chi connectivity index (χ2v) is 7.41. The number of halogens is 1. The van der Waals surface area contributed by atoms with Crippen LogP contribution < -0.4 is 11.0 Å². The highest BCUT2D eigenvalue weighted by Gasteiger charge is 2.48. The lowest BCUT2D eigenvalue weighted by Crippen LogP contribution is -2.46. The fourth-order valence-electron chi connectivity index (χ4n) is 3.68. The Bertz CT molecular complexity index is 850. The summed E-state index contributed by atoms with van der Waals surface area (Å²) in [5.41, 5.74) is 0.781. The number of benzene rings is 1. The first-order chi connectivity index (χ1) is 14.5. The van der Waals surface area contributed by atoms with Crippen molar-refractivity contribution in [3.05, 3.63) is 47.0 Å². The summed E-state index contributed by atoms with van der Waals surface area (Å²) in [6, 6.07) is 8.21. The van der Waals surface area contributed by atoms with Gasteiger partial charge in [-0.2, -0.15) is 10.0 Å². The van der Waals surface area contributed by atoms with Gasteiger partial charge in [-0.25, -0.2) is 9.18 Å². The molecule has 0 saturated carbocycles. The minimum atomic E-state index is -1.64. The van der Waals surface area contributed by atoms with Crippen molar-refractivity contribution in [2.75, 3.05) is 18.5 Å². The molecule has 4 N–H and O–H groups in total. The molecule has 8 nitrogen and oxygen atoms in total. The molecular weight excluding hydrogens is 391 g/mol. The van der Waals surface area contributed by atoms with Gasteiger partial charge in [0.1, 0.15) is 11.9 Å². The second-order valence-electron chi connectivity index (χ2n) is 7.41. The number of rotatable bonds is 10. The molecule has 1 saturated heterocycles. The molecule has 1 aliphatic rings. The van der Waals surface area contributed by atoms with Crippen molar-refractivity contribution in [3.63, 3.8) is 0 Å². The largest absolute Gasteiger partial charge is 0.394 e. The Kier molecular flexibility index (Phi) is 7.92. The van der Waals surface area contributed by atoms with Crippen molar-refractivity contribution in [3.8, 4) is 11.1 Å². The van der Waals surface area contributed by atoms with E-state index in [-0.39, 0.29) is 12.4 Å². The third-order valence-electron chi connectivity index (χ3n) is 5.25. The summed E-state index contributed by atoms with van der Waals surface area (Å²) >= 11 is 0. The molecular formula is C21H29FN4O4. The number of ether oxygens (including phenoxy) is 1. The molecule has 4 atom stereocenters. The summed E-state index contributed by atoms with van der Waals surface area (Å²) in [5.74, 6) is 0.169. The predicted molar refractivity (Wildman–Crippen MR) is 111 cm³/mol. The van der Waals surface area contributed by atoms with Gasteiger partial charge in [-0.1, -0.05) is 56.5 Å². The maximum Gasteiger partial charge on any atom is 0.346 e. The molecule has 0 amide bonds. The van der Waals surface area contributed by atoms with E-state index in [2.05, 4.69) is 22.2 Å². The van der Waals surface area contributed by atoms with Crippen molar-refractivity contribution in [2.24, 2.45) is 0 Å². The molecule has 2 heterocycles. The van der Waals surface area contributed by atoms with Crippen LogP contribution in [0, 0.1) is 0 Å². The van der Waals surface area contributed by atoms with Crippen LogP contribution in [0.2, 0.25) is 0 Å². The van der Waals surface area contributed by atoms with Gasteiger partial charge in [0.2, 0.25) is 0 Å². The standard InChI is InChI=1S/C21H29FN4O4/c1-2-3-4-8-11-26(29)18-16(13-27)30-20(17(18)22)24-19-15(12-23-21(28)25-19)14-9-6-5-7-10-14/h5-7,9-10,12,16-18,20,27,29H,2-4,8,11,13H2,1H3,(H2,23,24,25,28)/t16-,17+,18-,20+/m1/s1. The Morgan fingerprint density at radius 3 is 2.73 bits per heavy atom. The monoisotopic (exact) mass is 420 g/mol. The number of anilines is 1. The molecule has 1 aromatic carbocycles. The number of hydrogen-bond donors (Lipinski definition) is 4. The zero-order chi connectivity index (χ0) is 21.5. The topological polar surface area (TPSA) is 111 Å². The van der Waals surface area contributed by atoms with Gasteiger partial charge in [-0.05, 0) is 12.0 Å². The van der Waals surface area contributed by atoms with E-state index in [4.69, 9.17) is 4.74 Å². The van der Waals surface area contributed by atoms with E-state index in [0.717, 1.165) is 36.3 Å². The third-order valence-corrected chi connectivity index (χ3v) is 5.25. The van der Waals surface area contributed by atoms with Crippen molar-refractivity contribution in [2.45, 2.75) is 57.2 Å². The lowest BCUT2D eigenvalue weighted by atomic mass is 10.1. The highest BCUT2D eigenvalue weighted by molar-refractivity contribution is 5.74. The molecule has 9 heteroatoms. The van der Waals surface area contributed by atoms with E-state index >= 15 is 4.39 Å². The highest BCUT2D eigenvalue weighted by Crippen LogP contribution is 2.31. The minimum Gasteiger partial charge on any atom is -0.394 e. The number of hydrogen-bond acceptors (Lipinski definition) is 7. The average Bonchev–Trinajstić information content (AvgIpc) is 3.07. The lowest BCUT2D eigenvalue weighted by Gasteiger charge is -2.26. The zero-order valence-corrected chi connectivity index (χ0v) is 17.0. The molecule has 164 valence electrons. The number of unbranched alkanes of at least 4 members (excludes halogenated alkanes) is 3. The molecule has 3 rings (SSSR count). The molecule has 0 spiro atoms. The molecule has 1 fully saturated rings. The summed E-state index contributed by atoms with van der Waals surface area (Å²) in [6.07, 6.45) is 1.54. The second kappa shape index (κ2) is 10.6. The number of nitrogens with one attached hydrogen (secondary N) is 2. The van der Waals surface area contributed by atoms with Crippen LogP contribution in [-0.2, 0) is 4.74 Å². The van der Waals surface area contributed by atoms with E-state index < -0.39 is 36.8 Å². The van der Waals surface area contributed by atoms with E-state index in [0.29, 0.717) is 5.56 Å². The Hall–Kier alpha value is -2.33. The van der Waals surface area contributed by atoms with Crippen LogP contribution in [0.4, 0.5) is 10.2 Å². The van der Waals surface area contributed by atoms with E-state index in [1.165, 1.54) is 6.20 Å². The fraction of sp³-hybridized carbons (Fsp3) is 0.524.